The molecule has 0 radical (unpaired) electrons. The molecular formula is C22H21FN2O. The van der Waals surface area contributed by atoms with Crippen molar-refractivity contribution in [2.75, 3.05) is 4.90 Å². The summed E-state index contributed by atoms with van der Waals surface area (Å²) in [6, 6.07) is 14.5. The summed E-state index contributed by atoms with van der Waals surface area (Å²) in [4.78, 5) is 19.6. The van der Waals surface area contributed by atoms with Crippen LogP contribution in [0, 0.1) is 11.2 Å². The Kier molecular flexibility index (Phi) is 3.98. The lowest BCUT2D eigenvalue weighted by molar-refractivity contribution is -0.127. The summed E-state index contributed by atoms with van der Waals surface area (Å²) in [7, 11) is 0. The molecule has 4 rings (SSSR count). The molecule has 1 amide bonds. The summed E-state index contributed by atoms with van der Waals surface area (Å²) >= 11 is 0. The van der Waals surface area contributed by atoms with E-state index in [0.29, 0.717) is 6.42 Å². The third-order valence-corrected chi connectivity index (χ3v) is 5.22. The van der Waals surface area contributed by atoms with Crippen LogP contribution in [0.5, 0.6) is 0 Å². The standard InChI is InChI=1S/C22H21FN2O/c1-3-10-22(2)13-16-11-17(23)8-9-20(16)25(21(22)26)18-12-15-6-4-5-7-19(15)24-14-18/h4-9,11-12,14H,3,10,13H2,1-2H3. The Balaban J connectivity index is 1.90. The van der Waals surface area contributed by atoms with Gasteiger partial charge in [-0.2, -0.15) is 0 Å². The molecule has 1 unspecified atom stereocenters. The number of rotatable bonds is 3. The maximum atomic E-state index is 13.9. The quantitative estimate of drug-likeness (QED) is 0.635. The first-order chi connectivity index (χ1) is 12.5. The van der Waals surface area contributed by atoms with Crippen LogP contribution in [0.3, 0.4) is 0 Å². The van der Waals surface area contributed by atoms with Crippen molar-refractivity contribution in [2.45, 2.75) is 33.1 Å². The maximum Gasteiger partial charge on any atom is 0.237 e. The van der Waals surface area contributed by atoms with Crippen LogP contribution in [0.25, 0.3) is 10.9 Å². The van der Waals surface area contributed by atoms with Crippen molar-refractivity contribution in [3.63, 3.8) is 0 Å². The Morgan fingerprint density at radius 1 is 1.19 bits per heavy atom. The fourth-order valence-electron chi connectivity index (χ4n) is 3.97. The molecule has 1 aromatic heterocycles. The van der Waals surface area contributed by atoms with Gasteiger partial charge in [0, 0.05) is 5.39 Å². The zero-order valence-electron chi connectivity index (χ0n) is 15.0. The average Bonchev–Trinajstić information content (AvgIpc) is 2.63. The minimum atomic E-state index is -0.540. The number of aromatic nitrogens is 1. The van der Waals surface area contributed by atoms with E-state index in [-0.39, 0.29) is 11.7 Å². The highest BCUT2D eigenvalue weighted by atomic mass is 19.1. The van der Waals surface area contributed by atoms with Gasteiger partial charge in [-0.15, -0.1) is 0 Å². The van der Waals surface area contributed by atoms with Crippen LogP contribution in [-0.4, -0.2) is 10.9 Å². The molecule has 4 heteroatoms. The van der Waals surface area contributed by atoms with E-state index in [0.717, 1.165) is 40.7 Å². The second-order valence-corrected chi connectivity index (χ2v) is 7.29. The lowest BCUT2D eigenvalue weighted by atomic mass is 9.75. The van der Waals surface area contributed by atoms with E-state index in [4.69, 9.17) is 0 Å². The second-order valence-electron chi connectivity index (χ2n) is 7.29. The van der Waals surface area contributed by atoms with E-state index in [2.05, 4.69) is 11.9 Å². The molecule has 1 aliphatic heterocycles. The van der Waals surface area contributed by atoms with Gasteiger partial charge in [-0.25, -0.2) is 4.39 Å². The van der Waals surface area contributed by atoms with Crippen molar-refractivity contribution in [3.05, 3.63) is 66.1 Å². The highest BCUT2D eigenvalue weighted by Crippen LogP contribution is 2.44. The van der Waals surface area contributed by atoms with Crippen LogP contribution in [0.4, 0.5) is 15.8 Å². The van der Waals surface area contributed by atoms with Crippen LogP contribution in [0.15, 0.2) is 54.7 Å². The maximum absolute atomic E-state index is 13.9. The number of fused-ring (bicyclic) bond motifs is 2. The van der Waals surface area contributed by atoms with Gasteiger partial charge in [0.05, 0.1) is 28.5 Å². The molecule has 2 heterocycles. The van der Waals surface area contributed by atoms with E-state index in [1.807, 2.05) is 37.3 Å². The third-order valence-electron chi connectivity index (χ3n) is 5.22. The summed E-state index contributed by atoms with van der Waals surface area (Å²) in [5.41, 5.74) is 2.69. The first kappa shape index (κ1) is 16.7. The fraction of sp³-hybridized carbons (Fsp3) is 0.273. The summed E-state index contributed by atoms with van der Waals surface area (Å²) in [6.07, 6.45) is 3.95. The molecule has 132 valence electrons. The average molecular weight is 348 g/mol. The van der Waals surface area contributed by atoms with Crippen LogP contribution >= 0.6 is 0 Å². The molecule has 0 N–H and O–H groups in total. The molecule has 3 nitrogen and oxygen atoms in total. The summed E-state index contributed by atoms with van der Waals surface area (Å²) in [5, 5.41) is 0.976. The Bertz CT molecular complexity index is 1000. The minimum Gasteiger partial charge on any atom is -0.279 e. The van der Waals surface area contributed by atoms with Gasteiger partial charge in [0.25, 0.3) is 0 Å². The minimum absolute atomic E-state index is 0.0514. The number of carbonyl (C=O) groups is 1. The van der Waals surface area contributed by atoms with Gasteiger partial charge in [0.2, 0.25) is 5.91 Å². The topological polar surface area (TPSA) is 33.2 Å². The van der Waals surface area contributed by atoms with Crippen LogP contribution < -0.4 is 4.90 Å². The Hall–Kier alpha value is -2.75. The summed E-state index contributed by atoms with van der Waals surface area (Å²) < 4.78 is 13.9. The van der Waals surface area contributed by atoms with E-state index in [1.54, 1.807) is 23.2 Å². The number of benzene rings is 2. The smallest absolute Gasteiger partial charge is 0.237 e. The molecule has 2 aromatic carbocycles. The largest absolute Gasteiger partial charge is 0.279 e. The third kappa shape index (κ3) is 2.66. The van der Waals surface area contributed by atoms with E-state index in [1.165, 1.54) is 6.07 Å². The Morgan fingerprint density at radius 3 is 2.81 bits per heavy atom. The van der Waals surface area contributed by atoms with Gasteiger partial charge in [-0.3, -0.25) is 14.7 Å². The number of para-hydroxylation sites is 1. The first-order valence-corrected chi connectivity index (χ1v) is 8.99. The van der Waals surface area contributed by atoms with Gasteiger partial charge in [0.1, 0.15) is 5.82 Å². The van der Waals surface area contributed by atoms with E-state index >= 15 is 0 Å². The molecule has 1 atom stereocenters. The predicted octanol–water partition coefficient (Wildman–Crippen LogP) is 5.40. The number of halogens is 1. The number of nitrogens with zero attached hydrogens (tertiary/aromatic N) is 2. The number of carbonyl (C=O) groups excluding carboxylic acids is 1. The van der Waals surface area contributed by atoms with E-state index in [9.17, 15) is 9.18 Å². The van der Waals surface area contributed by atoms with Crippen LogP contribution in [-0.2, 0) is 11.2 Å². The lowest BCUT2D eigenvalue weighted by Gasteiger charge is -2.40. The number of hydrogen-bond donors (Lipinski definition) is 0. The van der Waals surface area contributed by atoms with Crippen LogP contribution in [0.1, 0.15) is 32.3 Å². The molecule has 1 aliphatic rings. The number of pyridine rings is 1. The highest BCUT2D eigenvalue weighted by molar-refractivity contribution is 6.07. The van der Waals surface area contributed by atoms with E-state index < -0.39 is 5.41 Å². The normalized spacial score (nSPS) is 19.7. The van der Waals surface area contributed by atoms with Crippen molar-refractivity contribution in [3.8, 4) is 0 Å². The number of anilines is 2. The molecule has 3 aromatic rings. The van der Waals surface area contributed by atoms with Crippen LogP contribution in [0.2, 0.25) is 0 Å². The SMILES string of the molecule is CCCC1(C)Cc2cc(F)ccc2N(c2cnc3ccccc3c2)C1=O. The van der Waals surface area contributed by atoms with Crippen molar-refractivity contribution >= 4 is 28.2 Å². The fourth-order valence-corrected chi connectivity index (χ4v) is 3.97. The highest BCUT2D eigenvalue weighted by Gasteiger charge is 2.42. The molecule has 0 spiro atoms. The van der Waals surface area contributed by atoms with Crippen molar-refractivity contribution in [1.29, 1.82) is 0 Å². The van der Waals surface area contributed by atoms with Crippen molar-refractivity contribution in [2.24, 2.45) is 5.41 Å². The Labute approximate surface area is 152 Å². The molecule has 0 saturated heterocycles. The first-order valence-electron chi connectivity index (χ1n) is 8.99. The molecule has 0 bridgehead atoms. The molecule has 0 fully saturated rings. The summed E-state index contributed by atoms with van der Waals surface area (Å²) in [5.74, 6) is -0.218. The molecule has 26 heavy (non-hydrogen) atoms. The predicted molar refractivity (Wildman–Crippen MR) is 102 cm³/mol. The van der Waals surface area contributed by atoms with Gasteiger partial charge in [-0.05, 0) is 48.7 Å². The van der Waals surface area contributed by atoms with Gasteiger partial charge in [0.15, 0.2) is 0 Å². The molecular weight excluding hydrogens is 327 g/mol. The lowest BCUT2D eigenvalue weighted by Crippen LogP contribution is -2.45. The number of amides is 1. The zero-order chi connectivity index (χ0) is 18.3. The number of hydrogen-bond acceptors (Lipinski definition) is 2. The molecule has 0 aliphatic carbocycles. The van der Waals surface area contributed by atoms with Gasteiger partial charge in [-0.1, -0.05) is 38.5 Å². The Morgan fingerprint density at radius 2 is 2.00 bits per heavy atom. The summed E-state index contributed by atoms with van der Waals surface area (Å²) in [6.45, 7) is 4.05. The zero-order valence-corrected chi connectivity index (χ0v) is 15.0. The van der Waals surface area contributed by atoms with Gasteiger partial charge >= 0.3 is 0 Å². The van der Waals surface area contributed by atoms with Crippen molar-refractivity contribution < 1.29 is 9.18 Å². The molecule has 0 saturated carbocycles. The van der Waals surface area contributed by atoms with Crippen molar-refractivity contribution in [1.82, 2.24) is 4.98 Å². The monoisotopic (exact) mass is 348 g/mol. The van der Waals surface area contributed by atoms with Gasteiger partial charge < -0.3 is 0 Å². The second kappa shape index (κ2) is 6.20.